The molecular formula is C14H21F3N2O. The van der Waals surface area contributed by atoms with Crippen LogP contribution in [0.4, 0.5) is 13.2 Å². The number of rotatable bonds is 6. The number of hydrogen-bond acceptors (Lipinski definition) is 3. The van der Waals surface area contributed by atoms with Crippen LogP contribution in [-0.2, 0) is 0 Å². The standard InChI is InChI=1S/C14H21F3N2O/c1-10(2)19(9-14(15,16)17)13(8-18)11-4-6-12(20-3)7-5-11/h4-7,10,13H,8-9,18H2,1-3H3. The van der Waals surface area contributed by atoms with Crippen molar-refractivity contribution >= 4 is 0 Å². The first kappa shape index (κ1) is 16.8. The average molecular weight is 290 g/mol. The van der Waals surface area contributed by atoms with E-state index in [1.165, 1.54) is 4.90 Å². The highest BCUT2D eigenvalue weighted by Crippen LogP contribution is 2.28. The molecule has 0 aliphatic heterocycles. The maximum Gasteiger partial charge on any atom is 0.401 e. The molecule has 0 radical (unpaired) electrons. The summed E-state index contributed by atoms with van der Waals surface area (Å²) < 4.78 is 43.1. The predicted molar refractivity (Wildman–Crippen MR) is 72.7 cm³/mol. The van der Waals surface area contributed by atoms with Crippen molar-refractivity contribution in [3.05, 3.63) is 29.8 Å². The molecule has 1 rings (SSSR count). The molecule has 2 N–H and O–H groups in total. The Hall–Kier alpha value is -1.27. The van der Waals surface area contributed by atoms with Gasteiger partial charge in [-0.1, -0.05) is 12.1 Å². The van der Waals surface area contributed by atoms with Gasteiger partial charge in [0.2, 0.25) is 0 Å². The Kier molecular flexibility index (Phi) is 5.83. The molecule has 0 spiro atoms. The quantitative estimate of drug-likeness (QED) is 0.875. The summed E-state index contributed by atoms with van der Waals surface area (Å²) in [5, 5.41) is 0. The molecule has 0 aliphatic carbocycles. The van der Waals surface area contributed by atoms with Gasteiger partial charge in [-0.05, 0) is 31.5 Å². The number of halogens is 3. The van der Waals surface area contributed by atoms with E-state index in [1.54, 1.807) is 45.2 Å². The van der Waals surface area contributed by atoms with Crippen molar-refractivity contribution in [2.24, 2.45) is 5.73 Å². The maximum absolute atomic E-state index is 12.7. The van der Waals surface area contributed by atoms with Crippen LogP contribution >= 0.6 is 0 Å². The fraction of sp³-hybridized carbons (Fsp3) is 0.571. The van der Waals surface area contributed by atoms with Crippen LogP contribution < -0.4 is 10.5 Å². The maximum atomic E-state index is 12.7. The molecule has 1 atom stereocenters. The first-order valence-electron chi connectivity index (χ1n) is 6.45. The second kappa shape index (κ2) is 6.95. The molecule has 1 unspecified atom stereocenters. The fourth-order valence-corrected chi connectivity index (χ4v) is 2.15. The summed E-state index contributed by atoms with van der Waals surface area (Å²) in [5.41, 5.74) is 6.45. The number of ether oxygens (including phenoxy) is 1. The summed E-state index contributed by atoms with van der Waals surface area (Å²) in [7, 11) is 1.54. The van der Waals surface area contributed by atoms with Crippen LogP contribution in [0.15, 0.2) is 24.3 Å². The number of methoxy groups -OCH3 is 1. The first-order valence-corrected chi connectivity index (χ1v) is 6.45. The number of nitrogens with two attached hydrogens (primary N) is 1. The molecule has 20 heavy (non-hydrogen) atoms. The second-order valence-electron chi connectivity index (χ2n) is 4.91. The van der Waals surface area contributed by atoms with Gasteiger partial charge in [0.15, 0.2) is 0 Å². The molecule has 0 aromatic heterocycles. The van der Waals surface area contributed by atoms with Crippen LogP contribution in [0.3, 0.4) is 0 Å². The normalized spacial score (nSPS) is 13.8. The van der Waals surface area contributed by atoms with Gasteiger partial charge in [-0.25, -0.2) is 0 Å². The number of nitrogens with zero attached hydrogens (tertiary/aromatic N) is 1. The van der Waals surface area contributed by atoms with Crippen LogP contribution in [0.25, 0.3) is 0 Å². The zero-order valence-electron chi connectivity index (χ0n) is 11.9. The predicted octanol–water partition coefficient (Wildman–Crippen LogP) is 2.97. The van der Waals surface area contributed by atoms with Gasteiger partial charge in [0.25, 0.3) is 0 Å². The average Bonchev–Trinajstić information content (AvgIpc) is 2.37. The Morgan fingerprint density at radius 1 is 1.20 bits per heavy atom. The Balaban J connectivity index is 2.99. The highest BCUT2D eigenvalue weighted by Gasteiger charge is 2.35. The molecule has 0 bridgehead atoms. The van der Waals surface area contributed by atoms with E-state index in [9.17, 15) is 13.2 Å². The largest absolute Gasteiger partial charge is 0.497 e. The summed E-state index contributed by atoms with van der Waals surface area (Å²) in [6, 6.07) is 6.23. The molecule has 1 aromatic carbocycles. The second-order valence-corrected chi connectivity index (χ2v) is 4.91. The molecular weight excluding hydrogens is 269 g/mol. The summed E-state index contributed by atoms with van der Waals surface area (Å²) in [6.07, 6.45) is -4.25. The summed E-state index contributed by atoms with van der Waals surface area (Å²) in [4.78, 5) is 1.36. The van der Waals surface area contributed by atoms with Crippen molar-refractivity contribution < 1.29 is 17.9 Å². The SMILES string of the molecule is COc1ccc(C(CN)N(CC(F)(F)F)C(C)C)cc1. The molecule has 0 aliphatic rings. The van der Waals surface area contributed by atoms with E-state index in [0.717, 1.165) is 5.56 Å². The highest BCUT2D eigenvalue weighted by molar-refractivity contribution is 5.29. The number of alkyl halides is 3. The van der Waals surface area contributed by atoms with E-state index in [1.807, 2.05) is 0 Å². The highest BCUT2D eigenvalue weighted by atomic mass is 19.4. The van der Waals surface area contributed by atoms with Crippen molar-refractivity contribution in [1.82, 2.24) is 4.90 Å². The third kappa shape index (κ3) is 4.68. The summed E-state index contributed by atoms with van der Waals surface area (Å²) in [6.45, 7) is 2.62. The Bertz CT molecular complexity index is 404. The lowest BCUT2D eigenvalue weighted by atomic mass is 10.0. The van der Waals surface area contributed by atoms with Crippen LogP contribution in [0.5, 0.6) is 5.75 Å². The lowest BCUT2D eigenvalue weighted by Crippen LogP contribution is -2.44. The molecule has 0 amide bonds. The molecule has 0 heterocycles. The van der Waals surface area contributed by atoms with Crippen molar-refractivity contribution in [1.29, 1.82) is 0 Å². The van der Waals surface area contributed by atoms with Gasteiger partial charge in [0.1, 0.15) is 5.75 Å². The number of hydrogen-bond donors (Lipinski definition) is 1. The van der Waals surface area contributed by atoms with Gasteiger partial charge in [-0.2, -0.15) is 13.2 Å². The number of benzene rings is 1. The van der Waals surface area contributed by atoms with Gasteiger partial charge in [0.05, 0.1) is 13.7 Å². The van der Waals surface area contributed by atoms with Crippen LogP contribution in [0.2, 0.25) is 0 Å². The van der Waals surface area contributed by atoms with E-state index < -0.39 is 18.8 Å². The summed E-state index contributed by atoms with van der Waals surface area (Å²) in [5.74, 6) is 0.663. The third-order valence-electron chi connectivity index (χ3n) is 3.15. The van der Waals surface area contributed by atoms with E-state index in [2.05, 4.69) is 0 Å². The Morgan fingerprint density at radius 3 is 2.10 bits per heavy atom. The molecule has 114 valence electrons. The lowest BCUT2D eigenvalue weighted by molar-refractivity contribution is -0.155. The van der Waals surface area contributed by atoms with E-state index in [0.29, 0.717) is 5.75 Å². The molecule has 0 saturated carbocycles. The zero-order valence-corrected chi connectivity index (χ0v) is 11.9. The Labute approximate surface area is 117 Å². The minimum atomic E-state index is -4.25. The monoisotopic (exact) mass is 290 g/mol. The van der Waals surface area contributed by atoms with Gasteiger partial charge in [-0.3, -0.25) is 4.90 Å². The van der Waals surface area contributed by atoms with Crippen molar-refractivity contribution in [2.45, 2.75) is 32.1 Å². The van der Waals surface area contributed by atoms with E-state index in [4.69, 9.17) is 10.5 Å². The smallest absolute Gasteiger partial charge is 0.401 e. The molecule has 3 nitrogen and oxygen atoms in total. The minimum absolute atomic E-state index is 0.126. The van der Waals surface area contributed by atoms with Crippen LogP contribution in [0.1, 0.15) is 25.5 Å². The first-order chi connectivity index (χ1) is 9.28. The molecule has 0 fully saturated rings. The fourth-order valence-electron chi connectivity index (χ4n) is 2.15. The third-order valence-corrected chi connectivity index (χ3v) is 3.15. The topological polar surface area (TPSA) is 38.5 Å². The van der Waals surface area contributed by atoms with Gasteiger partial charge < -0.3 is 10.5 Å². The molecule has 0 saturated heterocycles. The lowest BCUT2D eigenvalue weighted by Gasteiger charge is -2.35. The van der Waals surface area contributed by atoms with Crippen molar-refractivity contribution in [2.75, 3.05) is 20.2 Å². The summed E-state index contributed by atoms with van der Waals surface area (Å²) >= 11 is 0. The van der Waals surface area contributed by atoms with E-state index >= 15 is 0 Å². The molecule has 1 aromatic rings. The zero-order chi connectivity index (χ0) is 15.3. The minimum Gasteiger partial charge on any atom is -0.497 e. The van der Waals surface area contributed by atoms with Gasteiger partial charge in [-0.15, -0.1) is 0 Å². The molecule has 6 heteroatoms. The van der Waals surface area contributed by atoms with Crippen LogP contribution in [0, 0.1) is 0 Å². The van der Waals surface area contributed by atoms with Crippen LogP contribution in [-0.4, -0.2) is 37.3 Å². The Morgan fingerprint density at radius 2 is 1.75 bits per heavy atom. The van der Waals surface area contributed by atoms with Crippen molar-refractivity contribution in [3.63, 3.8) is 0 Å². The van der Waals surface area contributed by atoms with Crippen molar-refractivity contribution in [3.8, 4) is 5.75 Å². The van der Waals surface area contributed by atoms with Gasteiger partial charge >= 0.3 is 6.18 Å². The van der Waals surface area contributed by atoms with Gasteiger partial charge in [0, 0.05) is 18.6 Å². The van der Waals surface area contributed by atoms with E-state index in [-0.39, 0.29) is 12.6 Å².